The molecule has 0 heterocycles. The molecule has 0 saturated heterocycles. The van der Waals surface area contributed by atoms with E-state index >= 15 is 0 Å². The van der Waals surface area contributed by atoms with Gasteiger partial charge < -0.3 is 19.9 Å². The van der Waals surface area contributed by atoms with E-state index in [4.69, 9.17) is 9.47 Å². The summed E-state index contributed by atoms with van der Waals surface area (Å²) in [5.74, 6) is -2.18. The second-order valence-electron chi connectivity index (χ2n) is 5.38. The second-order valence-corrected chi connectivity index (χ2v) is 5.38. The molecule has 28 heavy (non-hydrogen) atoms. The largest absolute Gasteiger partial charge is 0.497 e. The molecule has 0 aliphatic rings. The van der Waals surface area contributed by atoms with E-state index < -0.39 is 17.8 Å². The lowest BCUT2D eigenvalue weighted by atomic mass is 10.1. The van der Waals surface area contributed by atoms with Crippen LogP contribution in [-0.2, 0) is 9.59 Å². The number of nitrogens with zero attached hydrogens (tertiary/aromatic N) is 1. The molecule has 0 saturated carbocycles. The molecule has 2 amide bonds. The lowest BCUT2D eigenvalue weighted by molar-refractivity contribution is -0.136. The molecular formula is C19H19N3O6. The number of carbonyl (C=O) groups excluding carboxylic acids is 2. The van der Waals surface area contributed by atoms with Gasteiger partial charge in [0.2, 0.25) is 0 Å². The highest BCUT2D eigenvalue weighted by Crippen LogP contribution is 2.19. The first-order valence-corrected chi connectivity index (χ1v) is 8.23. The van der Waals surface area contributed by atoms with Gasteiger partial charge in [0.25, 0.3) is 0 Å². The van der Waals surface area contributed by atoms with Crippen molar-refractivity contribution in [2.75, 3.05) is 19.0 Å². The van der Waals surface area contributed by atoms with Crippen molar-refractivity contribution >= 4 is 29.7 Å². The van der Waals surface area contributed by atoms with Gasteiger partial charge in [0.1, 0.15) is 17.1 Å². The topological polar surface area (TPSA) is 126 Å². The van der Waals surface area contributed by atoms with E-state index in [0.29, 0.717) is 23.6 Å². The van der Waals surface area contributed by atoms with E-state index in [1.165, 1.54) is 25.5 Å². The highest BCUT2D eigenvalue weighted by Gasteiger charge is 2.14. The number of ether oxygens (including phenoxy) is 2. The average Bonchev–Trinajstić information content (AvgIpc) is 2.69. The number of hydrazone groups is 1. The Hall–Kier alpha value is -3.88. The zero-order valence-electron chi connectivity index (χ0n) is 15.3. The van der Waals surface area contributed by atoms with Gasteiger partial charge in [-0.05, 0) is 55.0 Å². The smallest absolute Gasteiger partial charge is 0.339 e. The number of rotatable bonds is 7. The second kappa shape index (κ2) is 9.72. The molecule has 0 bridgehead atoms. The Morgan fingerprint density at radius 3 is 2.43 bits per heavy atom. The number of aromatic carboxylic acids is 1. The van der Waals surface area contributed by atoms with E-state index in [2.05, 4.69) is 15.8 Å². The van der Waals surface area contributed by atoms with Crippen LogP contribution in [0, 0.1) is 0 Å². The molecule has 0 radical (unpaired) electrons. The van der Waals surface area contributed by atoms with Crippen LogP contribution in [0.5, 0.6) is 11.5 Å². The SMILES string of the molecule is CCOc1ccc(/C=N\NC(=O)C(=O)Nc2ccc(OC)cc2)cc1C(=O)O. The van der Waals surface area contributed by atoms with Crippen molar-refractivity contribution in [3.8, 4) is 11.5 Å². The number of carbonyl (C=O) groups is 3. The van der Waals surface area contributed by atoms with Crippen molar-refractivity contribution in [1.29, 1.82) is 0 Å². The Bertz CT molecular complexity index is 893. The van der Waals surface area contributed by atoms with Gasteiger partial charge in [0.15, 0.2) is 0 Å². The van der Waals surface area contributed by atoms with Crippen LogP contribution in [0.25, 0.3) is 0 Å². The van der Waals surface area contributed by atoms with Crippen LogP contribution in [0.4, 0.5) is 5.69 Å². The van der Waals surface area contributed by atoms with Crippen molar-refractivity contribution < 1.29 is 29.0 Å². The summed E-state index contributed by atoms with van der Waals surface area (Å²) in [4.78, 5) is 34.9. The van der Waals surface area contributed by atoms with Gasteiger partial charge in [0, 0.05) is 5.69 Å². The number of anilines is 1. The first-order chi connectivity index (χ1) is 13.4. The van der Waals surface area contributed by atoms with Gasteiger partial charge in [-0.25, -0.2) is 10.2 Å². The van der Waals surface area contributed by atoms with Crippen LogP contribution < -0.4 is 20.2 Å². The number of amides is 2. The number of carboxylic acids is 1. The van der Waals surface area contributed by atoms with Crippen LogP contribution in [0.1, 0.15) is 22.8 Å². The summed E-state index contributed by atoms with van der Waals surface area (Å²) in [5.41, 5.74) is 2.88. The minimum Gasteiger partial charge on any atom is -0.497 e. The minimum absolute atomic E-state index is 0.0330. The molecule has 2 aromatic carbocycles. The molecule has 9 heteroatoms. The maximum Gasteiger partial charge on any atom is 0.339 e. The molecule has 2 aromatic rings. The Morgan fingerprint density at radius 1 is 1.11 bits per heavy atom. The Kier molecular flexibility index (Phi) is 7.09. The summed E-state index contributed by atoms with van der Waals surface area (Å²) >= 11 is 0. The zero-order chi connectivity index (χ0) is 20.5. The third-order valence-electron chi connectivity index (χ3n) is 3.47. The average molecular weight is 385 g/mol. The highest BCUT2D eigenvalue weighted by atomic mass is 16.5. The van der Waals surface area contributed by atoms with E-state index in [-0.39, 0.29) is 11.3 Å². The van der Waals surface area contributed by atoms with Gasteiger partial charge in [-0.3, -0.25) is 9.59 Å². The molecule has 0 spiro atoms. The molecule has 3 N–H and O–H groups in total. The van der Waals surface area contributed by atoms with E-state index in [1.54, 1.807) is 37.3 Å². The molecular weight excluding hydrogens is 366 g/mol. The van der Waals surface area contributed by atoms with E-state index in [0.717, 1.165) is 0 Å². The van der Waals surface area contributed by atoms with Crippen LogP contribution in [0.15, 0.2) is 47.6 Å². The van der Waals surface area contributed by atoms with E-state index in [9.17, 15) is 19.5 Å². The van der Waals surface area contributed by atoms with Gasteiger partial charge in [0.05, 0.1) is 19.9 Å². The van der Waals surface area contributed by atoms with Crippen molar-refractivity contribution in [2.24, 2.45) is 5.10 Å². The summed E-state index contributed by atoms with van der Waals surface area (Å²) in [7, 11) is 1.52. The quantitative estimate of drug-likeness (QED) is 0.379. The van der Waals surface area contributed by atoms with Crippen LogP contribution in [0.2, 0.25) is 0 Å². The number of nitrogens with one attached hydrogen (secondary N) is 2. The number of hydrogen-bond donors (Lipinski definition) is 3. The highest BCUT2D eigenvalue weighted by molar-refractivity contribution is 6.39. The third kappa shape index (κ3) is 5.56. The molecule has 146 valence electrons. The lowest BCUT2D eigenvalue weighted by Gasteiger charge is -2.07. The van der Waals surface area contributed by atoms with Gasteiger partial charge in [-0.15, -0.1) is 0 Å². The predicted molar refractivity (Wildman–Crippen MR) is 102 cm³/mol. The Balaban J connectivity index is 1.97. The molecule has 0 aromatic heterocycles. The van der Waals surface area contributed by atoms with Gasteiger partial charge in [-0.1, -0.05) is 0 Å². The number of benzene rings is 2. The first kappa shape index (κ1) is 20.4. The summed E-state index contributed by atoms with van der Waals surface area (Å²) in [5, 5.41) is 15.3. The molecule has 0 aliphatic carbocycles. The Morgan fingerprint density at radius 2 is 1.82 bits per heavy atom. The summed E-state index contributed by atoms with van der Waals surface area (Å²) in [6.45, 7) is 2.07. The minimum atomic E-state index is -1.15. The van der Waals surface area contributed by atoms with Gasteiger partial charge >= 0.3 is 17.8 Å². The van der Waals surface area contributed by atoms with E-state index in [1.807, 2.05) is 0 Å². The summed E-state index contributed by atoms with van der Waals surface area (Å²) in [6, 6.07) is 10.9. The first-order valence-electron chi connectivity index (χ1n) is 8.23. The number of carboxylic acid groups (broad SMARTS) is 1. The fraction of sp³-hybridized carbons (Fsp3) is 0.158. The molecule has 0 fully saturated rings. The fourth-order valence-corrected chi connectivity index (χ4v) is 2.15. The number of methoxy groups -OCH3 is 1. The van der Waals surface area contributed by atoms with Crippen LogP contribution in [0.3, 0.4) is 0 Å². The maximum absolute atomic E-state index is 11.8. The third-order valence-corrected chi connectivity index (χ3v) is 3.47. The van der Waals surface area contributed by atoms with Crippen LogP contribution >= 0.6 is 0 Å². The molecule has 0 aliphatic heterocycles. The van der Waals surface area contributed by atoms with Crippen LogP contribution in [-0.4, -0.2) is 42.8 Å². The summed E-state index contributed by atoms with van der Waals surface area (Å²) in [6.07, 6.45) is 1.22. The lowest BCUT2D eigenvalue weighted by Crippen LogP contribution is -2.32. The zero-order valence-corrected chi connectivity index (χ0v) is 15.3. The molecule has 0 atom stereocenters. The predicted octanol–water partition coefficient (Wildman–Crippen LogP) is 1.88. The molecule has 9 nitrogen and oxygen atoms in total. The summed E-state index contributed by atoms with van der Waals surface area (Å²) < 4.78 is 10.2. The monoisotopic (exact) mass is 385 g/mol. The Labute approximate surface area is 161 Å². The van der Waals surface area contributed by atoms with Crippen molar-refractivity contribution in [3.63, 3.8) is 0 Å². The van der Waals surface area contributed by atoms with Gasteiger partial charge in [-0.2, -0.15) is 5.10 Å². The standard InChI is InChI=1S/C19H19N3O6/c1-3-28-16-9-4-12(10-15(16)19(25)26)11-20-22-18(24)17(23)21-13-5-7-14(27-2)8-6-13/h4-11H,3H2,1-2H3,(H,21,23)(H,22,24)(H,25,26)/b20-11-. The fourth-order valence-electron chi connectivity index (χ4n) is 2.15. The van der Waals surface area contributed by atoms with Crippen molar-refractivity contribution in [2.45, 2.75) is 6.92 Å². The van der Waals surface area contributed by atoms with Crippen molar-refractivity contribution in [1.82, 2.24) is 5.43 Å². The maximum atomic E-state index is 11.8. The van der Waals surface area contributed by atoms with Crippen molar-refractivity contribution in [3.05, 3.63) is 53.6 Å². The normalized spacial score (nSPS) is 10.4. The molecule has 2 rings (SSSR count). The number of hydrogen-bond acceptors (Lipinski definition) is 6. The molecule has 0 unspecified atom stereocenters.